The fraction of sp³-hybridized carbons (Fsp3) is 0.0500. The molecule has 0 spiro atoms. The molecule has 0 saturated carbocycles. The van der Waals surface area contributed by atoms with Gasteiger partial charge in [-0.05, 0) is 29.8 Å². The third-order valence-electron chi connectivity index (χ3n) is 4.14. The Kier molecular flexibility index (Phi) is 5.23. The lowest BCUT2D eigenvalue weighted by Gasteiger charge is -2.09. The number of thiazole rings is 1. The van der Waals surface area contributed by atoms with Gasteiger partial charge < -0.3 is 10.3 Å². The molecule has 0 radical (unpaired) electrons. The predicted molar refractivity (Wildman–Crippen MR) is 114 cm³/mol. The van der Waals surface area contributed by atoms with Crippen molar-refractivity contribution in [3.63, 3.8) is 0 Å². The first-order valence-electron chi connectivity index (χ1n) is 8.49. The first kappa shape index (κ1) is 18.4. The largest absolute Gasteiger partial charge is 0.354 e. The van der Waals surface area contributed by atoms with E-state index in [2.05, 4.69) is 58.3 Å². The molecule has 0 aliphatic carbocycles. The summed E-state index contributed by atoms with van der Waals surface area (Å²) in [5, 5.41) is 4.65. The number of carbonyl (C=O) groups excluding carboxylic acids is 1. The van der Waals surface area contributed by atoms with E-state index in [0.29, 0.717) is 11.5 Å². The number of imidazole rings is 1. The van der Waals surface area contributed by atoms with Crippen molar-refractivity contribution in [3.8, 4) is 16.9 Å². The Balaban J connectivity index is 1.93. The van der Waals surface area contributed by atoms with E-state index >= 15 is 0 Å². The summed E-state index contributed by atoms with van der Waals surface area (Å²) in [4.78, 5) is 24.5. The molecule has 0 bridgehead atoms. The minimum absolute atomic E-state index is 0.257. The summed E-state index contributed by atoms with van der Waals surface area (Å²) < 4.78 is 3.09. The normalized spacial score (nSPS) is 11.6. The zero-order valence-electron chi connectivity index (χ0n) is 14.9. The van der Waals surface area contributed by atoms with Crippen LogP contribution in [0.25, 0.3) is 16.9 Å². The smallest absolute Gasteiger partial charge is 0.271 e. The van der Waals surface area contributed by atoms with Crippen molar-refractivity contribution in [1.82, 2.24) is 19.9 Å². The molecule has 6 nitrogen and oxygen atoms in total. The third kappa shape index (κ3) is 3.56. The van der Waals surface area contributed by atoms with Crippen LogP contribution in [0.4, 0.5) is 5.82 Å². The molecule has 8 heteroatoms. The van der Waals surface area contributed by atoms with Crippen LogP contribution < -0.4 is 10.1 Å². The number of carbonyl (C=O) groups is 1. The fourth-order valence-corrected chi connectivity index (χ4v) is 3.96. The Labute approximate surface area is 173 Å². The molecule has 4 rings (SSSR count). The number of benzene rings is 2. The summed E-state index contributed by atoms with van der Waals surface area (Å²) in [6, 6.07) is 18.1. The van der Waals surface area contributed by atoms with Crippen molar-refractivity contribution in [2.24, 2.45) is 4.99 Å². The number of hydrogen-bond donors (Lipinski definition) is 2. The molecule has 140 valence electrons. The Hall–Kier alpha value is -2.97. The van der Waals surface area contributed by atoms with Crippen LogP contribution in [0.15, 0.2) is 75.8 Å². The number of nitrogens with one attached hydrogen (secondary N) is 2. The van der Waals surface area contributed by atoms with Crippen molar-refractivity contribution >= 4 is 39.0 Å². The molecule has 0 aliphatic rings. The van der Waals surface area contributed by atoms with Gasteiger partial charge in [-0.15, -0.1) is 11.3 Å². The summed E-state index contributed by atoms with van der Waals surface area (Å²) in [6.07, 6.45) is 1.47. The minimum Gasteiger partial charge on any atom is -0.354 e. The summed E-state index contributed by atoms with van der Waals surface area (Å²) in [7, 11) is 1.58. The number of amides is 1. The zero-order valence-corrected chi connectivity index (χ0v) is 17.3. The highest BCUT2D eigenvalue weighted by Gasteiger charge is 2.14. The Bertz CT molecular complexity index is 1180. The first-order valence-corrected chi connectivity index (χ1v) is 10.2. The van der Waals surface area contributed by atoms with Gasteiger partial charge in [0.25, 0.3) is 5.91 Å². The van der Waals surface area contributed by atoms with Gasteiger partial charge in [0, 0.05) is 22.6 Å². The van der Waals surface area contributed by atoms with E-state index in [1.54, 1.807) is 7.05 Å². The van der Waals surface area contributed by atoms with Crippen LogP contribution in [-0.4, -0.2) is 27.5 Å². The highest BCUT2D eigenvalue weighted by atomic mass is 79.9. The van der Waals surface area contributed by atoms with Gasteiger partial charge in [0.1, 0.15) is 0 Å². The maximum Gasteiger partial charge on any atom is 0.271 e. The van der Waals surface area contributed by atoms with Gasteiger partial charge in [-0.25, -0.2) is 4.98 Å². The molecule has 2 N–H and O–H groups in total. The standard InChI is InChI=1S/C20H16BrN5OS/c1-22-19(27)17-18(24-12-23-17)25-20-26(15-5-3-2-4-6-15)16(11-28-20)13-7-9-14(21)10-8-13/h2-12H,1H3,(H,22,27)(H,23,24). The highest BCUT2D eigenvalue weighted by Crippen LogP contribution is 2.25. The molecule has 1 amide bonds. The van der Waals surface area contributed by atoms with Crippen LogP contribution >= 0.6 is 27.3 Å². The first-order chi connectivity index (χ1) is 13.7. The average Bonchev–Trinajstić information content (AvgIpc) is 3.36. The SMILES string of the molecule is CNC(=O)c1[nH]cnc1N=c1scc(-c2ccc(Br)cc2)n1-c1ccccc1. The number of rotatable bonds is 4. The molecule has 2 aromatic carbocycles. The molecular formula is C20H16BrN5OS. The molecule has 0 unspecified atom stereocenters. The number of hydrogen-bond acceptors (Lipinski definition) is 4. The van der Waals surface area contributed by atoms with E-state index in [1.807, 2.05) is 42.5 Å². The fourth-order valence-electron chi connectivity index (χ4n) is 2.79. The van der Waals surface area contributed by atoms with Gasteiger partial charge >= 0.3 is 0 Å². The summed E-state index contributed by atoms with van der Waals surface area (Å²) in [6.45, 7) is 0. The molecule has 0 aliphatic heterocycles. The van der Waals surface area contributed by atoms with Crippen molar-refractivity contribution in [2.75, 3.05) is 7.05 Å². The molecule has 28 heavy (non-hydrogen) atoms. The molecule has 2 aromatic heterocycles. The minimum atomic E-state index is -0.257. The number of nitrogens with zero attached hydrogens (tertiary/aromatic N) is 3. The lowest BCUT2D eigenvalue weighted by molar-refractivity contribution is 0.0959. The van der Waals surface area contributed by atoms with Crippen molar-refractivity contribution in [1.29, 1.82) is 0 Å². The molecular weight excluding hydrogens is 438 g/mol. The van der Waals surface area contributed by atoms with Crippen LogP contribution in [0.5, 0.6) is 0 Å². The van der Waals surface area contributed by atoms with Crippen LogP contribution in [0.2, 0.25) is 0 Å². The van der Waals surface area contributed by atoms with E-state index < -0.39 is 0 Å². The van der Waals surface area contributed by atoms with Crippen molar-refractivity contribution < 1.29 is 4.79 Å². The molecule has 0 saturated heterocycles. The number of para-hydroxylation sites is 1. The van der Waals surface area contributed by atoms with E-state index in [9.17, 15) is 4.79 Å². The van der Waals surface area contributed by atoms with Gasteiger partial charge in [0.2, 0.25) is 0 Å². The van der Waals surface area contributed by atoms with Gasteiger partial charge in [0.15, 0.2) is 16.3 Å². The maximum atomic E-state index is 12.0. The van der Waals surface area contributed by atoms with Crippen molar-refractivity contribution in [3.05, 3.63) is 81.3 Å². The second-order valence-corrected chi connectivity index (χ2v) is 7.63. The van der Waals surface area contributed by atoms with Crippen LogP contribution in [0.3, 0.4) is 0 Å². The predicted octanol–water partition coefficient (Wildman–Crippen LogP) is 4.28. The van der Waals surface area contributed by atoms with Gasteiger partial charge in [-0.1, -0.05) is 46.3 Å². The number of halogens is 1. The Morgan fingerprint density at radius 3 is 2.64 bits per heavy atom. The zero-order chi connectivity index (χ0) is 19.5. The Morgan fingerprint density at radius 2 is 1.93 bits per heavy atom. The Morgan fingerprint density at radius 1 is 1.18 bits per heavy atom. The lowest BCUT2D eigenvalue weighted by Crippen LogP contribution is -2.19. The highest BCUT2D eigenvalue weighted by molar-refractivity contribution is 9.10. The second kappa shape index (κ2) is 7.95. The molecule has 0 atom stereocenters. The van der Waals surface area contributed by atoms with Gasteiger partial charge in [-0.2, -0.15) is 4.99 Å². The van der Waals surface area contributed by atoms with E-state index in [0.717, 1.165) is 26.2 Å². The summed E-state index contributed by atoms with van der Waals surface area (Å²) in [5.74, 6) is 0.0976. The van der Waals surface area contributed by atoms with E-state index in [-0.39, 0.29) is 5.91 Å². The van der Waals surface area contributed by atoms with Crippen molar-refractivity contribution in [2.45, 2.75) is 0 Å². The maximum absolute atomic E-state index is 12.0. The summed E-state index contributed by atoms with van der Waals surface area (Å²) in [5.41, 5.74) is 3.40. The quantitative estimate of drug-likeness (QED) is 0.483. The third-order valence-corrected chi connectivity index (χ3v) is 5.49. The van der Waals surface area contributed by atoms with Crippen LogP contribution in [0, 0.1) is 0 Å². The van der Waals surface area contributed by atoms with Crippen LogP contribution in [-0.2, 0) is 0 Å². The molecule has 4 aromatic rings. The second-order valence-electron chi connectivity index (χ2n) is 5.87. The number of aromatic nitrogens is 3. The topological polar surface area (TPSA) is 75.1 Å². The number of aromatic amines is 1. The van der Waals surface area contributed by atoms with Gasteiger partial charge in [-0.3, -0.25) is 9.36 Å². The van der Waals surface area contributed by atoms with Crippen LogP contribution in [0.1, 0.15) is 10.5 Å². The monoisotopic (exact) mass is 453 g/mol. The molecule has 2 heterocycles. The average molecular weight is 454 g/mol. The molecule has 0 fully saturated rings. The van der Waals surface area contributed by atoms with E-state index in [1.165, 1.54) is 17.7 Å². The van der Waals surface area contributed by atoms with Gasteiger partial charge in [0.05, 0.1) is 12.0 Å². The van der Waals surface area contributed by atoms with E-state index in [4.69, 9.17) is 0 Å². The number of H-pyrrole nitrogens is 1. The lowest BCUT2D eigenvalue weighted by atomic mass is 10.1. The summed E-state index contributed by atoms with van der Waals surface area (Å²) >= 11 is 4.98.